The van der Waals surface area contributed by atoms with E-state index in [4.69, 9.17) is 0 Å². The molecule has 1 aliphatic carbocycles. The number of hydrogen-bond donors (Lipinski definition) is 0. The number of hydrogen-bond acceptors (Lipinski definition) is 4. The molecule has 1 saturated heterocycles. The Bertz CT molecular complexity index is 486. The van der Waals surface area contributed by atoms with E-state index in [0.717, 1.165) is 24.2 Å². The number of imide groups is 1. The summed E-state index contributed by atoms with van der Waals surface area (Å²) in [6.45, 7) is -0.0921. The molecule has 94 valence electrons. The molecule has 1 aromatic heterocycles. The van der Waals surface area contributed by atoms with Crippen LogP contribution in [0.25, 0.3) is 0 Å². The Balaban J connectivity index is 1.76. The van der Waals surface area contributed by atoms with Crippen molar-refractivity contribution in [2.45, 2.75) is 19.3 Å². The third-order valence-corrected chi connectivity index (χ3v) is 4.69. The highest BCUT2D eigenvalue weighted by molar-refractivity contribution is 7.12. The van der Waals surface area contributed by atoms with Crippen molar-refractivity contribution in [2.75, 3.05) is 6.54 Å². The second-order valence-electron chi connectivity index (χ2n) is 4.81. The Hall–Kier alpha value is -1.49. The summed E-state index contributed by atoms with van der Waals surface area (Å²) in [6.07, 6.45) is 2.53. The lowest BCUT2D eigenvalue weighted by atomic mass is 10.00. The Kier molecular flexibility index (Phi) is 2.78. The maximum atomic E-state index is 12.1. The van der Waals surface area contributed by atoms with Crippen LogP contribution < -0.4 is 0 Å². The van der Waals surface area contributed by atoms with Crippen molar-refractivity contribution in [1.82, 2.24) is 4.90 Å². The van der Waals surface area contributed by atoms with Gasteiger partial charge in [0, 0.05) is 0 Å². The van der Waals surface area contributed by atoms with Crippen LogP contribution in [0, 0.1) is 11.8 Å². The Morgan fingerprint density at radius 1 is 1.28 bits per heavy atom. The fourth-order valence-electron chi connectivity index (χ4n) is 2.87. The summed E-state index contributed by atoms with van der Waals surface area (Å²) >= 11 is 1.34. The monoisotopic (exact) mass is 263 g/mol. The van der Waals surface area contributed by atoms with Gasteiger partial charge < -0.3 is 0 Å². The Morgan fingerprint density at radius 3 is 2.50 bits per heavy atom. The molecule has 0 N–H and O–H groups in total. The van der Waals surface area contributed by atoms with Crippen LogP contribution in [0.5, 0.6) is 0 Å². The average Bonchev–Trinajstić information content (AvgIpc) is 3.05. The van der Waals surface area contributed by atoms with Gasteiger partial charge >= 0.3 is 0 Å². The highest BCUT2D eigenvalue weighted by Gasteiger charge is 2.49. The molecule has 0 aromatic carbocycles. The van der Waals surface area contributed by atoms with E-state index in [-0.39, 0.29) is 36.0 Å². The smallest absolute Gasteiger partial charge is 0.233 e. The first-order valence-corrected chi connectivity index (χ1v) is 6.98. The van der Waals surface area contributed by atoms with Crippen molar-refractivity contribution < 1.29 is 14.4 Å². The predicted octanol–water partition coefficient (Wildman–Crippen LogP) is 1.72. The van der Waals surface area contributed by atoms with Crippen molar-refractivity contribution in [3.05, 3.63) is 22.4 Å². The molecule has 1 aliphatic heterocycles. The minimum atomic E-state index is -0.159. The molecule has 3 rings (SSSR count). The number of carbonyl (C=O) groups excluding carboxylic acids is 3. The minimum Gasteiger partial charge on any atom is -0.291 e. The fraction of sp³-hybridized carbons (Fsp3) is 0.462. The number of Topliss-reactive ketones (excluding diaryl/α,β-unsaturated/α-hetero) is 1. The summed E-state index contributed by atoms with van der Waals surface area (Å²) in [7, 11) is 0. The highest BCUT2D eigenvalue weighted by atomic mass is 32.1. The van der Waals surface area contributed by atoms with E-state index in [1.807, 2.05) is 5.38 Å². The quantitative estimate of drug-likeness (QED) is 0.616. The molecule has 4 nitrogen and oxygen atoms in total. The summed E-state index contributed by atoms with van der Waals surface area (Å²) < 4.78 is 0. The third kappa shape index (κ3) is 1.70. The van der Waals surface area contributed by atoms with Crippen LogP contribution in [0.4, 0.5) is 0 Å². The van der Waals surface area contributed by atoms with Gasteiger partial charge in [-0.15, -0.1) is 11.3 Å². The zero-order valence-corrected chi connectivity index (χ0v) is 10.6. The summed E-state index contributed by atoms with van der Waals surface area (Å²) in [5.74, 6) is -0.756. The van der Waals surface area contributed by atoms with Crippen LogP contribution in [0.1, 0.15) is 28.9 Å². The van der Waals surface area contributed by atoms with Gasteiger partial charge in [0.25, 0.3) is 0 Å². The third-order valence-electron chi connectivity index (χ3n) is 3.78. The van der Waals surface area contributed by atoms with Gasteiger partial charge in [-0.25, -0.2) is 0 Å². The van der Waals surface area contributed by atoms with Crippen LogP contribution in [-0.4, -0.2) is 29.0 Å². The van der Waals surface area contributed by atoms with E-state index < -0.39 is 0 Å². The summed E-state index contributed by atoms with van der Waals surface area (Å²) in [4.78, 5) is 37.8. The highest BCUT2D eigenvalue weighted by Crippen LogP contribution is 2.39. The lowest BCUT2D eigenvalue weighted by Gasteiger charge is -2.14. The molecule has 2 heterocycles. The maximum absolute atomic E-state index is 12.1. The van der Waals surface area contributed by atoms with E-state index in [0.29, 0.717) is 4.88 Å². The van der Waals surface area contributed by atoms with E-state index >= 15 is 0 Å². The van der Waals surface area contributed by atoms with Crippen LogP contribution in [-0.2, 0) is 9.59 Å². The van der Waals surface area contributed by atoms with E-state index in [9.17, 15) is 14.4 Å². The van der Waals surface area contributed by atoms with Crippen molar-refractivity contribution in [1.29, 1.82) is 0 Å². The number of fused-ring (bicyclic) bond motifs is 1. The molecule has 2 amide bonds. The number of thiophene rings is 1. The molecule has 18 heavy (non-hydrogen) atoms. The zero-order valence-electron chi connectivity index (χ0n) is 9.80. The van der Waals surface area contributed by atoms with Gasteiger partial charge in [-0.1, -0.05) is 12.5 Å². The van der Waals surface area contributed by atoms with Gasteiger partial charge in [0.15, 0.2) is 5.78 Å². The van der Waals surface area contributed by atoms with Crippen LogP contribution in [0.2, 0.25) is 0 Å². The van der Waals surface area contributed by atoms with Crippen LogP contribution in [0.15, 0.2) is 17.5 Å². The molecule has 2 fully saturated rings. The maximum Gasteiger partial charge on any atom is 0.233 e. The second kappa shape index (κ2) is 4.31. The topological polar surface area (TPSA) is 54.5 Å². The first-order chi connectivity index (χ1) is 8.68. The van der Waals surface area contributed by atoms with Crippen molar-refractivity contribution in [2.24, 2.45) is 11.8 Å². The normalized spacial score (nSPS) is 26.8. The molecule has 5 heteroatoms. The molecule has 2 unspecified atom stereocenters. The fourth-order valence-corrected chi connectivity index (χ4v) is 3.53. The molecule has 0 radical (unpaired) electrons. The van der Waals surface area contributed by atoms with Crippen LogP contribution >= 0.6 is 11.3 Å². The molecule has 1 saturated carbocycles. The van der Waals surface area contributed by atoms with Gasteiger partial charge in [0.05, 0.1) is 23.3 Å². The lowest BCUT2D eigenvalue weighted by Crippen LogP contribution is -2.36. The molecule has 0 bridgehead atoms. The number of likely N-dealkylation sites (tertiary alicyclic amines) is 1. The van der Waals surface area contributed by atoms with Gasteiger partial charge in [-0.3, -0.25) is 19.3 Å². The van der Waals surface area contributed by atoms with Crippen LogP contribution in [0.3, 0.4) is 0 Å². The molecule has 2 atom stereocenters. The second-order valence-corrected chi connectivity index (χ2v) is 5.75. The molecule has 1 aromatic rings. The Labute approximate surface area is 109 Å². The Morgan fingerprint density at radius 2 is 1.94 bits per heavy atom. The number of nitrogens with zero attached hydrogens (tertiary/aromatic N) is 1. The summed E-state index contributed by atoms with van der Waals surface area (Å²) in [5, 5.41) is 1.82. The van der Waals surface area contributed by atoms with E-state index in [1.165, 1.54) is 11.3 Å². The molecular formula is C13H13NO3S. The standard InChI is InChI=1S/C13H13NO3S/c15-10(11-5-2-6-18-11)7-14-12(16)8-3-1-4-9(8)13(14)17/h2,5-6,8-9H,1,3-4,7H2. The van der Waals surface area contributed by atoms with Crippen molar-refractivity contribution >= 4 is 28.9 Å². The number of ketones is 1. The first-order valence-electron chi connectivity index (χ1n) is 6.10. The SMILES string of the molecule is O=C(CN1C(=O)C2CCCC2C1=O)c1cccs1. The minimum absolute atomic E-state index is 0.0921. The largest absolute Gasteiger partial charge is 0.291 e. The molecule has 0 spiro atoms. The predicted molar refractivity (Wildman–Crippen MR) is 66.2 cm³/mol. The number of carbonyl (C=O) groups is 3. The van der Waals surface area contributed by atoms with Gasteiger partial charge in [-0.05, 0) is 24.3 Å². The van der Waals surface area contributed by atoms with Crippen molar-refractivity contribution in [3.8, 4) is 0 Å². The first kappa shape index (κ1) is 11.6. The van der Waals surface area contributed by atoms with Crippen molar-refractivity contribution in [3.63, 3.8) is 0 Å². The van der Waals surface area contributed by atoms with E-state index in [2.05, 4.69) is 0 Å². The number of amides is 2. The average molecular weight is 263 g/mol. The van der Waals surface area contributed by atoms with Gasteiger partial charge in [0.1, 0.15) is 0 Å². The summed E-state index contributed by atoms with van der Waals surface area (Å²) in [6, 6.07) is 3.51. The van der Waals surface area contributed by atoms with Gasteiger partial charge in [0.2, 0.25) is 11.8 Å². The summed E-state index contributed by atoms with van der Waals surface area (Å²) in [5.41, 5.74) is 0. The molecule has 2 aliphatic rings. The molecular weight excluding hydrogens is 250 g/mol. The van der Waals surface area contributed by atoms with Gasteiger partial charge in [-0.2, -0.15) is 0 Å². The van der Waals surface area contributed by atoms with E-state index in [1.54, 1.807) is 12.1 Å². The lowest BCUT2D eigenvalue weighted by molar-refractivity contribution is -0.139. The zero-order chi connectivity index (χ0) is 12.7. The number of rotatable bonds is 3.